The molecule has 0 saturated heterocycles. The monoisotopic (exact) mass is 242 g/mol. The molecule has 90 valence electrons. The van der Waals surface area contributed by atoms with Crippen molar-refractivity contribution in [1.82, 2.24) is 0 Å². The minimum absolute atomic E-state index is 0.118. The lowest BCUT2D eigenvalue weighted by molar-refractivity contribution is 0.0396. The van der Waals surface area contributed by atoms with Crippen LogP contribution in [-0.2, 0) is 14.0 Å². The van der Waals surface area contributed by atoms with Gasteiger partial charge in [0.05, 0.1) is 7.11 Å². The van der Waals surface area contributed by atoms with Crippen molar-refractivity contribution in [3.05, 3.63) is 0 Å². The van der Waals surface area contributed by atoms with Gasteiger partial charge >= 0.3 is 14.0 Å². The topological polar surface area (TPSA) is 113 Å². The van der Waals surface area contributed by atoms with E-state index in [1.165, 1.54) is 20.0 Å². The second-order valence-electron chi connectivity index (χ2n) is 2.99. The van der Waals surface area contributed by atoms with Gasteiger partial charge in [-0.1, -0.05) is 0 Å². The largest absolute Gasteiger partial charge is 0.508 e. The number of carbonyl (C=O) groups excluding carboxylic acids is 1. The summed E-state index contributed by atoms with van der Waals surface area (Å²) in [6.45, 7) is 0. The van der Waals surface area contributed by atoms with E-state index >= 15 is 0 Å². The van der Waals surface area contributed by atoms with Crippen LogP contribution in [0.15, 0.2) is 0 Å². The first kappa shape index (κ1) is 14.4. The molecule has 3 N–H and O–H groups in total. The molecule has 1 rings (SSSR count). The van der Waals surface area contributed by atoms with Gasteiger partial charge < -0.3 is 24.2 Å². The van der Waals surface area contributed by atoms with Crippen molar-refractivity contribution >= 4 is 14.0 Å². The third-order valence-corrected chi connectivity index (χ3v) is 1.73. The summed E-state index contributed by atoms with van der Waals surface area (Å²) in [6, 6.07) is 0. The van der Waals surface area contributed by atoms with Crippen LogP contribution in [-0.4, -0.2) is 34.0 Å². The van der Waals surface area contributed by atoms with Crippen molar-refractivity contribution < 1.29 is 33.5 Å². The Morgan fingerprint density at radius 2 is 1.67 bits per heavy atom. The zero-order chi connectivity index (χ0) is 11.9. The van der Waals surface area contributed by atoms with Gasteiger partial charge in [0.15, 0.2) is 0 Å². The van der Waals surface area contributed by atoms with Gasteiger partial charge in [-0.2, -0.15) is 0 Å². The number of hydrogen-bond acceptors (Lipinski definition) is 4. The van der Waals surface area contributed by atoms with Gasteiger partial charge in [0, 0.05) is 0 Å². The smallest absolute Gasteiger partial charge is 0.438 e. The van der Waals surface area contributed by atoms with E-state index in [-0.39, 0.29) is 6.10 Å². The maximum atomic E-state index is 10.5. The van der Waals surface area contributed by atoms with Gasteiger partial charge in [-0.05, 0) is 25.7 Å². The molecule has 0 amide bonds. The van der Waals surface area contributed by atoms with Crippen LogP contribution in [0.3, 0.4) is 0 Å². The Balaban J connectivity index is 0.000000336. The number of carbonyl (C=O) groups is 1. The number of rotatable bonds is 1. The summed E-state index contributed by atoms with van der Waals surface area (Å²) >= 11 is 0. The van der Waals surface area contributed by atoms with Crippen LogP contribution in [0.1, 0.15) is 25.7 Å². The highest BCUT2D eigenvalue weighted by atomic mass is 31.2. The van der Waals surface area contributed by atoms with Crippen molar-refractivity contribution in [2.75, 3.05) is 7.11 Å². The van der Waals surface area contributed by atoms with Crippen molar-refractivity contribution in [3.8, 4) is 0 Å². The van der Waals surface area contributed by atoms with E-state index in [1.54, 1.807) is 0 Å². The van der Waals surface area contributed by atoms with Gasteiger partial charge in [-0.25, -0.2) is 9.36 Å². The molecule has 0 spiro atoms. The van der Waals surface area contributed by atoms with E-state index in [4.69, 9.17) is 24.0 Å². The van der Waals surface area contributed by atoms with Crippen molar-refractivity contribution in [2.45, 2.75) is 31.8 Å². The molecular weight excluding hydrogens is 227 g/mol. The number of hydrogen-bond donors (Lipinski definition) is 3. The maximum Gasteiger partial charge on any atom is 0.508 e. The van der Waals surface area contributed by atoms with Crippen LogP contribution >= 0.6 is 7.82 Å². The van der Waals surface area contributed by atoms with Crippen LogP contribution in [0.25, 0.3) is 0 Å². The predicted molar refractivity (Wildman–Crippen MR) is 50.0 cm³/mol. The Bertz CT molecular complexity index is 221. The average Bonchev–Trinajstić information content (AvgIpc) is 2.53. The fourth-order valence-electron chi connectivity index (χ4n) is 1.19. The quantitative estimate of drug-likeness (QED) is 0.460. The Hall–Kier alpha value is -0.620. The average molecular weight is 242 g/mol. The summed E-state index contributed by atoms with van der Waals surface area (Å²) in [7, 11) is -3.31. The second-order valence-corrected chi connectivity index (χ2v) is 4.02. The molecule has 0 unspecified atom stereocenters. The lowest BCUT2D eigenvalue weighted by atomic mass is 10.3. The summed E-state index contributed by atoms with van der Waals surface area (Å²) in [5, 5.41) is 0. The molecule has 7 nitrogen and oxygen atoms in total. The normalized spacial score (nSPS) is 16.5. The highest BCUT2D eigenvalue weighted by Gasteiger charge is 2.18. The SMILES string of the molecule is COC(=O)OC1CCCC1.O=P(O)(O)O. The first-order chi connectivity index (χ1) is 6.83. The van der Waals surface area contributed by atoms with Crippen LogP contribution in [0.4, 0.5) is 4.79 Å². The Labute approximate surface area is 87.2 Å². The Morgan fingerprint density at radius 1 is 1.27 bits per heavy atom. The number of methoxy groups -OCH3 is 1. The highest BCUT2D eigenvalue weighted by molar-refractivity contribution is 7.45. The number of phosphoric acid groups is 1. The minimum Gasteiger partial charge on any atom is -0.438 e. The zero-order valence-electron chi connectivity index (χ0n) is 8.33. The molecule has 0 aromatic carbocycles. The first-order valence-electron chi connectivity index (χ1n) is 4.36. The number of ether oxygens (including phenoxy) is 2. The van der Waals surface area contributed by atoms with E-state index in [0.717, 1.165) is 12.8 Å². The van der Waals surface area contributed by atoms with Crippen LogP contribution in [0.5, 0.6) is 0 Å². The van der Waals surface area contributed by atoms with Gasteiger partial charge in [0.2, 0.25) is 0 Å². The summed E-state index contributed by atoms with van der Waals surface area (Å²) < 4.78 is 18.1. The van der Waals surface area contributed by atoms with Gasteiger partial charge in [0.1, 0.15) is 6.10 Å². The van der Waals surface area contributed by atoms with E-state index < -0.39 is 14.0 Å². The summed E-state index contributed by atoms with van der Waals surface area (Å²) in [5.41, 5.74) is 0. The van der Waals surface area contributed by atoms with Crippen molar-refractivity contribution in [3.63, 3.8) is 0 Å². The molecule has 8 heteroatoms. The fraction of sp³-hybridized carbons (Fsp3) is 0.857. The molecule has 1 aliphatic carbocycles. The first-order valence-corrected chi connectivity index (χ1v) is 5.92. The van der Waals surface area contributed by atoms with Crippen LogP contribution in [0, 0.1) is 0 Å². The van der Waals surface area contributed by atoms with E-state index in [1.807, 2.05) is 0 Å². The summed E-state index contributed by atoms with van der Waals surface area (Å²) in [4.78, 5) is 32.1. The van der Waals surface area contributed by atoms with Crippen molar-refractivity contribution in [1.29, 1.82) is 0 Å². The van der Waals surface area contributed by atoms with Gasteiger partial charge in [-0.3, -0.25) is 0 Å². The predicted octanol–water partition coefficient (Wildman–Crippen LogP) is 0.783. The van der Waals surface area contributed by atoms with Crippen LogP contribution < -0.4 is 0 Å². The molecule has 0 aliphatic heterocycles. The lowest BCUT2D eigenvalue weighted by Crippen LogP contribution is -2.13. The third-order valence-electron chi connectivity index (χ3n) is 1.73. The van der Waals surface area contributed by atoms with E-state index in [9.17, 15) is 4.79 Å². The molecule has 0 radical (unpaired) electrons. The molecule has 0 heterocycles. The van der Waals surface area contributed by atoms with E-state index in [0.29, 0.717) is 0 Å². The third kappa shape index (κ3) is 11.3. The zero-order valence-corrected chi connectivity index (χ0v) is 9.22. The van der Waals surface area contributed by atoms with Crippen LogP contribution in [0.2, 0.25) is 0 Å². The lowest BCUT2D eigenvalue weighted by Gasteiger charge is -2.08. The molecule has 1 aliphatic rings. The standard InChI is InChI=1S/C7H12O3.H3O4P/c1-9-7(8)10-6-4-2-3-5-6;1-5(2,3)4/h6H,2-5H2,1H3;(H3,1,2,3,4). The molecule has 0 aromatic rings. The Morgan fingerprint density at radius 3 is 2.00 bits per heavy atom. The molecule has 1 fully saturated rings. The minimum atomic E-state index is -4.64. The summed E-state index contributed by atoms with van der Waals surface area (Å²) in [6.07, 6.45) is 3.90. The van der Waals surface area contributed by atoms with Gasteiger partial charge in [-0.15, -0.1) is 0 Å². The molecule has 15 heavy (non-hydrogen) atoms. The molecular formula is C7H15O7P. The molecule has 0 atom stereocenters. The van der Waals surface area contributed by atoms with Crippen molar-refractivity contribution in [2.24, 2.45) is 0 Å². The second kappa shape index (κ2) is 6.79. The Kier molecular flexibility index (Phi) is 6.51. The van der Waals surface area contributed by atoms with E-state index in [2.05, 4.69) is 4.74 Å². The molecule has 1 saturated carbocycles. The molecule has 0 aromatic heterocycles. The summed E-state index contributed by atoms with van der Waals surface area (Å²) in [5.74, 6) is 0. The molecule has 0 bridgehead atoms. The highest BCUT2D eigenvalue weighted by Crippen LogP contribution is 2.25. The fourth-order valence-corrected chi connectivity index (χ4v) is 1.19. The van der Waals surface area contributed by atoms with Gasteiger partial charge in [0.25, 0.3) is 0 Å². The maximum absolute atomic E-state index is 10.5.